The van der Waals surface area contributed by atoms with E-state index in [1.165, 1.54) is 5.69 Å². The number of benzene rings is 2. The second-order valence-electron chi connectivity index (χ2n) is 5.13. The van der Waals surface area contributed by atoms with Crippen molar-refractivity contribution in [3.8, 4) is 11.5 Å². The molecule has 2 aromatic carbocycles. The smallest absolute Gasteiger partial charge is 0.129 e. The van der Waals surface area contributed by atoms with Gasteiger partial charge in [0, 0.05) is 30.9 Å². The molecule has 3 nitrogen and oxygen atoms in total. The van der Waals surface area contributed by atoms with Gasteiger partial charge in [0.15, 0.2) is 0 Å². The first-order valence-electron chi connectivity index (χ1n) is 7.52. The van der Waals surface area contributed by atoms with E-state index in [1.54, 1.807) is 0 Å². The fourth-order valence-electron chi connectivity index (χ4n) is 2.31. The minimum Gasteiger partial charge on any atom is -0.457 e. The van der Waals surface area contributed by atoms with Crippen molar-refractivity contribution in [1.82, 2.24) is 0 Å². The molecule has 21 heavy (non-hydrogen) atoms. The SMILES string of the molecule is CCN(CC)c1cccc(Oc2ccc(C(C)N)cc2)c1. The van der Waals surface area contributed by atoms with Crippen LogP contribution in [0.25, 0.3) is 0 Å². The third kappa shape index (κ3) is 3.99. The average Bonchev–Trinajstić information content (AvgIpc) is 2.49. The summed E-state index contributed by atoms with van der Waals surface area (Å²) < 4.78 is 5.93. The molecule has 3 heteroatoms. The van der Waals surface area contributed by atoms with Crippen molar-refractivity contribution in [2.45, 2.75) is 26.8 Å². The van der Waals surface area contributed by atoms with Crippen molar-refractivity contribution in [3.63, 3.8) is 0 Å². The highest BCUT2D eigenvalue weighted by Gasteiger charge is 2.05. The molecule has 0 fully saturated rings. The van der Waals surface area contributed by atoms with Crippen LogP contribution in [0.15, 0.2) is 48.5 Å². The number of nitrogens with zero attached hydrogens (tertiary/aromatic N) is 1. The van der Waals surface area contributed by atoms with Crippen molar-refractivity contribution < 1.29 is 4.74 Å². The molecule has 2 aromatic rings. The predicted molar refractivity (Wildman–Crippen MR) is 89.1 cm³/mol. The van der Waals surface area contributed by atoms with Gasteiger partial charge in [0.1, 0.15) is 11.5 Å². The van der Waals surface area contributed by atoms with Crippen LogP contribution in [0.2, 0.25) is 0 Å². The predicted octanol–water partition coefficient (Wildman–Crippen LogP) is 4.34. The van der Waals surface area contributed by atoms with Gasteiger partial charge in [-0.3, -0.25) is 0 Å². The van der Waals surface area contributed by atoms with Crippen LogP contribution in [-0.4, -0.2) is 13.1 Å². The first-order chi connectivity index (χ1) is 10.1. The van der Waals surface area contributed by atoms with E-state index < -0.39 is 0 Å². The zero-order chi connectivity index (χ0) is 15.2. The Morgan fingerprint density at radius 1 is 1.00 bits per heavy atom. The first-order valence-corrected chi connectivity index (χ1v) is 7.52. The van der Waals surface area contributed by atoms with E-state index in [0.29, 0.717) is 0 Å². The molecule has 0 saturated heterocycles. The molecule has 0 amide bonds. The zero-order valence-electron chi connectivity index (χ0n) is 13.0. The summed E-state index contributed by atoms with van der Waals surface area (Å²) in [6.07, 6.45) is 0. The van der Waals surface area contributed by atoms with Gasteiger partial charge in [0.2, 0.25) is 0 Å². The molecular formula is C18H24N2O. The third-order valence-electron chi connectivity index (χ3n) is 3.59. The van der Waals surface area contributed by atoms with Gasteiger partial charge < -0.3 is 15.4 Å². The van der Waals surface area contributed by atoms with E-state index in [0.717, 1.165) is 30.2 Å². The largest absolute Gasteiger partial charge is 0.457 e. The number of anilines is 1. The summed E-state index contributed by atoms with van der Waals surface area (Å²) in [4.78, 5) is 2.30. The second kappa shape index (κ2) is 7.14. The van der Waals surface area contributed by atoms with Gasteiger partial charge in [-0.05, 0) is 50.6 Å². The highest BCUT2D eigenvalue weighted by Crippen LogP contribution is 2.26. The summed E-state index contributed by atoms with van der Waals surface area (Å²) >= 11 is 0. The Hall–Kier alpha value is -2.00. The van der Waals surface area contributed by atoms with Gasteiger partial charge in [-0.25, -0.2) is 0 Å². The second-order valence-corrected chi connectivity index (χ2v) is 5.13. The summed E-state index contributed by atoms with van der Waals surface area (Å²) in [6.45, 7) is 8.27. The molecule has 0 spiro atoms. The van der Waals surface area contributed by atoms with E-state index in [-0.39, 0.29) is 6.04 Å². The molecule has 0 saturated carbocycles. The van der Waals surface area contributed by atoms with Crippen LogP contribution in [0.5, 0.6) is 11.5 Å². The molecule has 2 N–H and O–H groups in total. The highest BCUT2D eigenvalue weighted by atomic mass is 16.5. The lowest BCUT2D eigenvalue weighted by Gasteiger charge is -2.21. The number of nitrogens with two attached hydrogens (primary N) is 1. The Balaban J connectivity index is 2.14. The van der Waals surface area contributed by atoms with Crippen molar-refractivity contribution in [2.24, 2.45) is 5.73 Å². The van der Waals surface area contributed by atoms with E-state index in [1.807, 2.05) is 43.3 Å². The Labute approximate surface area is 127 Å². The fourth-order valence-corrected chi connectivity index (χ4v) is 2.31. The van der Waals surface area contributed by atoms with Crippen LogP contribution in [0.1, 0.15) is 32.4 Å². The summed E-state index contributed by atoms with van der Waals surface area (Å²) in [5, 5.41) is 0. The van der Waals surface area contributed by atoms with Gasteiger partial charge in [-0.1, -0.05) is 18.2 Å². The van der Waals surface area contributed by atoms with Crippen LogP contribution in [0, 0.1) is 0 Å². The van der Waals surface area contributed by atoms with Crippen molar-refractivity contribution in [2.75, 3.05) is 18.0 Å². The molecule has 0 radical (unpaired) electrons. The van der Waals surface area contributed by atoms with Gasteiger partial charge in [-0.2, -0.15) is 0 Å². The van der Waals surface area contributed by atoms with E-state index >= 15 is 0 Å². The van der Waals surface area contributed by atoms with Crippen molar-refractivity contribution >= 4 is 5.69 Å². The summed E-state index contributed by atoms with van der Waals surface area (Å²) in [5.74, 6) is 1.68. The Morgan fingerprint density at radius 2 is 1.67 bits per heavy atom. The molecule has 112 valence electrons. The van der Waals surface area contributed by atoms with Crippen LogP contribution in [-0.2, 0) is 0 Å². The van der Waals surface area contributed by atoms with E-state index in [9.17, 15) is 0 Å². The van der Waals surface area contributed by atoms with Crippen molar-refractivity contribution in [1.29, 1.82) is 0 Å². The summed E-state index contributed by atoms with van der Waals surface area (Å²) in [7, 11) is 0. The lowest BCUT2D eigenvalue weighted by molar-refractivity contribution is 0.482. The van der Waals surface area contributed by atoms with Gasteiger partial charge in [0.05, 0.1) is 0 Å². The number of hydrogen-bond donors (Lipinski definition) is 1. The standard InChI is InChI=1S/C18H24N2O/c1-4-20(5-2)16-7-6-8-18(13-16)21-17-11-9-15(10-12-17)14(3)19/h6-14H,4-5,19H2,1-3H3. The lowest BCUT2D eigenvalue weighted by Crippen LogP contribution is -2.21. The van der Waals surface area contributed by atoms with Crippen LogP contribution >= 0.6 is 0 Å². The minimum absolute atomic E-state index is 0.0463. The molecule has 0 aliphatic rings. The zero-order valence-corrected chi connectivity index (χ0v) is 13.0. The highest BCUT2D eigenvalue weighted by molar-refractivity contribution is 5.51. The normalized spacial score (nSPS) is 12.0. The van der Waals surface area contributed by atoms with E-state index in [4.69, 9.17) is 10.5 Å². The quantitative estimate of drug-likeness (QED) is 0.857. The molecule has 0 aromatic heterocycles. The Morgan fingerprint density at radius 3 is 2.24 bits per heavy atom. The molecule has 0 bridgehead atoms. The van der Waals surface area contributed by atoms with E-state index in [2.05, 4.69) is 30.9 Å². The van der Waals surface area contributed by atoms with Gasteiger partial charge >= 0.3 is 0 Å². The number of ether oxygens (including phenoxy) is 1. The molecule has 1 unspecified atom stereocenters. The maximum Gasteiger partial charge on any atom is 0.129 e. The van der Waals surface area contributed by atoms with Crippen molar-refractivity contribution in [3.05, 3.63) is 54.1 Å². The summed E-state index contributed by atoms with van der Waals surface area (Å²) in [5.41, 5.74) is 8.15. The molecule has 1 atom stereocenters. The van der Waals surface area contributed by atoms with Gasteiger partial charge in [-0.15, -0.1) is 0 Å². The first kappa shape index (κ1) is 15.4. The Bertz CT molecular complexity index is 560. The lowest BCUT2D eigenvalue weighted by atomic mass is 10.1. The van der Waals surface area contributed by atoms with Crippen LogP contribution < -0.4 is 15.4 Å². The monoisotopic (exact) mass is 284 g/mol. The van der Waals surface area contributed by atoms with Crippen LogP contribution in [0.3, 0.4) is 0 Å². The number of hydrogen-bond acceptors (Lipinski definition) is 3. The fraction of sp³-hybridized carbons (Fsp3) is 0.333. The number of rotatable bonds is 6. The third-order valence-corrected chi connectivity index (χ3v) is 3.59. The minimum atomic E-state index is 0.0463. The topological polar surface area (TPSA) is 38.5 Å². The van der Waals surface area contributed by atoms with Crippen LogP contribution in [0.4, 0.5) is 5.69 Å². The average molecular weight is 284 g/mol. The molecule has 0 aliphatic heterocycles. The van der Waals surface area contributed by atoms with Gasteiger partial charge in [0.25, 0.3) is 0 Å². The summed E-state index contributed by atoms with van der Waals surface area (Å²) in [6, 6.07) is 16.2. The maximum atomic E-state index is 5.93. The maximum absolute atomic E-state index is 5.93. The molecule has 0 aliphatic carbocycles. The molecular weight excluding hydrogens is 260 g/mol. The molecule has 0 heterocycles. The Kier molecular flexibility index (Phi) is 5.23. The molecule has 2 rings (SSSR count).